The van der Waals surface area contributed by atoms with Crippen molar-refractivity contribution in [3.8, 4) is 0 Å². The smallest absolute Gasteiger partial charge is 0.0404 e. The first-order chi connectivity index (χ1) is 8.26. The van der Waals surface area contributed by atoms with E-state index in [1.54, 1.807) is 0 Å². The third kappa shape index (κ3) is 2.63. The summed E-state index contributed by atoms with van der Waals surface area (Å²) in [5.74, 6) is 0.652. The lowest BCUT2D eigenvalue weighted by atomic mass is 10.0. The number of nitrogens with one attached hydrogen (secondary N) is 1. The fourth-order valence-electron chi connectivity index (χ4n) is 2.92. The van der Waals surface area contributed by atoms with Gasteiger partial charge in [-0.05, 0) is 49.8 Å². The second-order valence-electron chi connectivity index (χ2n) is 5.14. The quantitative estimate of drug-likeness (QED) is 0.837. The van der Waals surface area contributed by atoms with Crippen molar-refractivity contribution in [2.75, 3.05) is 11.9 Å². The molecule has 1 aromatic carbocycles. The number of anilines is 1. The van der Waals surface area contributed by atoms with Gasteiger partial charge in [-0.2, -0.15) is 0 Å². The van der Waals surface area contributed by atoms with Gasteiger partial charge in [-0.15, -0.1) is 0 Å². The van der Waals surface area contributed by atoms with Crippen molar-refractivity contribution in [1.29, 1.82) is 0 Å². The van der Waals surface area contributed by atoms with E-state index in [0.717, 1.165) is 13.0 Å². The summed E-state index contributed by atoms with van der Waals surface area (Å²) in [5.41, 5.74) is 9.97. The highest BCUT2D eigenvalue weighted by molar-refractivity contribution is 5.58. The van der Waals surface area contributed by atoms with Crippen molar-refractivity contribution in [3.05, 3.63) is 29.3 Å². The maximum Gasteiger partial charge on any atom is 0.0404 e. The minimum atomic E-state index is 0.575. The molecular weight excluding hydrogens is 208 g/mol. The minimum absolute atomic E-state index is 0.575. The van der Waals surface area contributed by atoms with E-state index in [1.165, 1.54) is 36.1 Å². The molecule has 1 saturated carbocycles. The molecule has 0 aromatic heterocycles. The van der Waals surface area contributed by atoms with Crippen molar-refractivity contribution < 1.29 is 0 Å². The van der Waals surface area contributed by atoms with Crippen molar-refractivity contribution in [3.63, 3.8) is 0 Å². The molecule has 0 aliphatic heterocycles. The largest absolute Gasteiger partial charge is 0.382 e. The standard InChI is InChI=1S/C15H24N2/c1-3-12-7-4-6-11(2)15(12)17-14-9-5-8-13(14)10-16/h4,6-7,13-14,17H,3,5,8-10,16H2,1-2H3. The van der Waals surface area contributed by atoms with Crippen LogP contribution in [0.15, 0.2) is 18.2 Å². The van der Waals surface area contributed by atoms with Crippen molar-refractivity contribution >= 4 is 5.69 Å². The molecule has 2 atom stereocenters. The van der Waals surface area contributed by atoms with Gasteiger partial charge in [0.1, 0.15) is 0 Å². The maximum atomic E-state index is 5.85. The summed E-state index contributed by atoms with van der Waals surface area (Å²) in [6, 6.07) is 7.13. The lowest BCUT2D eigenvalue weighted by Gasteiger charge is -2.23. The molecule has 1 aliphatic rings. The summed E-state index contributed by atoms with van der Waals surface area (Å²) in [6.45, 7) is 5.22. The fourth-order valence-corrected chi connectivity index (χ4v) is 2.92. The number of benzene rings is 1. The molecule has 94 valence electrons. The molecule has 2 heteroatoms. The zero-order valence-electron chi connectivity index (χ0n) is 11.0. The van der Waals surface area contributed by atoms with Gasteiger partial charge in [0.05, 0.1) is 0 Å². The zero-order valence-corrected chi connectivity index (χ0v) is 11.0. The van der Waals surface area contributed by atoms with Crippen LogP contribution in [-0.2, 0) is 6.42 Å². The van der Waals surface area contributed by atoms with Crippen LogP contribution in [0.25, 0.3) is 0 Å². The van der Waals surface area contributed by atoms with E-state index in [2.05, 4.69) is 37.4 Å². The Hall–Kier alpha value is -1.02. The summed E-state index contributed by atoms with van der Waals surface area (Å²) >= 11 is 0. The first-order valence-corrected chi connectivity index (χ1v) is 6.81. The number of hydrogen-bond donors (Lipinski definition) is 2. The van der Waals surface area contributed by atoms with Crippen LogP contribution >= 0.6 is 0 Å². The molecule has 0 heterocycles. The van der Waals surface area contributed by atoms with Gasteiger partial charge in [0, 0.05) is 11.7 Å². The van der Waals surface area contributed by atoms with Gasteiger partial charge >= 0.3 is 0 Å². The molecule has 0 amide bonds. The zero-order chi connectivity index (χ0) is 12.3. The van der Waals surface area contributed by atoms with E-state index < -0.39 is 0 Å². The van der Waals surface area contributed by atoms with Crippen LogP contribution in [-0.4, -0.2) is 12.6 Å². The number of aryl methyl sites for hydroxylation is 2. The van der Waals surface area contributed by atoms with Crippen LogP contribution in [0.1, 0.15) is 37.3 Å². The SMILES string of the molecule is CCc1cccc(C)c1NC1CCCC1CN. The highest BCUT2D eigenvalue weighted by atomic mass is 14.9. The van der Waals surface area contributed by atoms with E-state index in [0.29, 0.717) is 12.0 Å². The van der Waals surface area contributed by atoms with Gasteiger partial charge in [-0.3, -0.25) is 0 Å². The molecule has 1 fully saturated rings. The van der Waals surface area contributed by atoms with E-state index in [1.807, 2.05) is 0 Å². The Morgan fingerprint density at radius 2 is 2.18 bits per heavy atom. The monoisotopic (exact) mass is 232 g/mol. The second kappa shape index (κ2) is 5.54. The topological polar surface area (TPSA) is 38.0 Å². The Labute approximate surface area is 105 Å². The van der Waals surface area contributed by atoms with Crippen molar-refractivity contribution in [1.82, 2.24) is 0 Å². The Bertz CT molecular complexity index is 373. The summed E-state index contributed by atoms with van der Waals surface area (Å²) in [4.78, 5) is 0. The van der Waals surface area contributed by atoms with E-state index in [4.69, 9.17) is 5.73 Å². The molecule has 0 saturated heterocycles. The summed E-state index contributed by atoms with van der Waals surface area (Å²) in [7, 11) is 0. The highest BCUT2D eigenvalue weighted by Crippen LogP contribution is 2.30. The van der Waals surface area contributed by atoms with Crippen LogP contribution in [0.5, 0.6) is 0 Å². The summed E-state index contributed by atoms with van der Waals surface area (Å²) in [6.07, 6.45) is 4.94. The molecule has 0 bridgehead atoms. The molecule has 0 radical (unpaired) electrons. The van der Waals surface area contributed by atoms with E-state index in [-0.39, 0.29) is 0 Å². The van der Waals surface area contributed by atoms with Crippen molar-refractivity contribution in [2.24, 2.45) is 11.7 Å². The Kier molecular flexibility index (Phi) is 4.06. The first kappa shape index (κ1) is 12.4. The van der Waals surface area contributed by atoms with Gasteiger partial charge in [0.2, 0.25) is 0 Å². The van der Waals surface area contributed by atoms with Crippen LogP contribution in [0.2, 0.25) is 0 Å². The van der Waals surface area contributed by atoms with Crippen LogP contribution < -0.4 is 11.1 Å². The average Bonchev–Trinajstić information content (AvgIpc) is 2.79. The van der Waals surface area contributed by atoms with Crippen LogP contribution in [0, 0.1) is 12.8 Å². The summed E-state index contributed by atoms with van der Waals surface area (Å²) in [5, 5.41) is 3.75. The third-order valence-electron chi connectivity index (χ3n) is 4.03. The molecule has 2 nitrogen and oxygen atoms in total. The van der Waals surface area contributed by atoms with Gasteiger partial charge in [0.25, 0.3) is 0 Å². The van der Waals surface area contributed by atoms with Crippen LogP contribution in [0.3, 0.4) is 0 Å². The molecule has 1 aromatic rings. The van der Waals surface area contributed by atoms with E-state index >= 15 is 0 Å². The maximum absolute atomic E-state index is 5.85. The number of rotatable bonds is 4. The second-order valence-corrected chi connectivity index (χ2v) is 5.14. The lowest BCUT2D eigenvalue weighted by molar-refractivity contribution is 0.516. The predicted octanol–water partition coefficient (Wildman–Crippen LogP) is 3.10. The molecule has 0 spiro atoms. The molecule has 1 aliphatic carbocycles. The molecule has 3 N–H and O–H groups in total. The Morgan fingerprint density at radius 1 is 1.35 bits per heavy atom. The first-order valence-electron chi connectivity index (χ1n) is 6.81. The fraction of sp³-hybridized carbons (Fsp3) is 0.600. The Morgan fingerprint density at radius 3 is 2.88 bits per heavy atom. The van der Waals surface area contributed by atoms with E-state index in [9.17, 15) is 0 Å². The number of hydrogen-bond acceptors (Lipinski definition) is 2. The molecule has 17 heavy (non-hydrogen) atoms. The van der Waals surface area contributed by atoms with Gasteiger partial charge in [-0.1, -0.05) is 31.5 Å². The average molecular weight is 232 g/mol. The normalized spacial score (nSPS) is 23.9. The molecular formula is C15H24N2. The molecule has 2 unspecified atom stereocenters. The highest BCUT2D eigenvalue weighted by Gasteiger charge is 2.26. The van der Waals surface area contributed by atoms with Crippen LogP contribution in [0.4, 0.5) is 5.69 Å². The minimum Gasteiger partial charge on any atom is -0.382 e. The van der Waals surface area contributed by atoms with Gasteiger partial charge < -0.3 is 11.1 Å². The number of para-hydroxylation sites is 1. The van der Waals surface area contributed by atoms with Gasteiger partial charge in [0.15, 0.2) is 0 Å². The third-order valence-corrected chi connectivity index (χ3v) is 4.03. The summed E-state index contributed by atoms with van der Waals surface area (Å²) < 4.78 is 0. The Balaban J connectivity index is 2.17. The lowest BCUT2D eigenvalue weighted by Crippen LogP contribution is -2.30. The predicted molar refractivity (Wildman–Crippen MR) is 74.4 cm³/mol. The molecule has 2 rings (SSSR count). The van der Waals surface area contributed by atoms with Gasteiger partial charge in [-0.25, -0.2) is 0 Å². The number of nitrogens with two attached hydrogens (primary N) is 1. The van der Waals surface area contributed by atoms with Crippen molar-refractivity contribution in [2.45, 2.75) is 45.6 Å².